The lowest BCUT2D eigenvalue weighted by Crippen LogP contribution is -2.55. The van der Waals surface area contributed by atoms with Gasteiger partial charge in [0.2, 0.25) is 0 Å². The lowest BCUT2D eigenvalue weighted by Gasteiger charge is -2.38. The molecule has 1 heterocycles. The standard InChI is InChI=1S/C16H25NO3S/c1-15(2,16(3,4)18)17-10-11-8-12-13(9-14(11)21-5)20-7-6-19-12/h8-9,17-18H,6-7,10H2,1-5H3. The number of hydrogen-bond donors (Lipinski definition) is 2. The number of thioether (sulfide) groups is 1. The molecule has 0 bridgehead atoms. The summed E-state index contributed by atoms with van der Waals surface area (Å²) in [5.41, 5.74) is -0.0416. The summed E-state index contributed by atoms with van der Waals surface area (Å²) in [5.74, 6) is 1.62. The summed E-state index contributed by atoms with van der Waals surface area (Å²) >= 11 is 1.69. The maximum Gasteiger partial charge on any atom is 0.162 e. The Hall–Kier alpha value is -0.910. The number of ether oxygens (including phenoxy) is 2. The highest BCUT2D eigenvalue weighted by Crippen LogP contribution is 2.37. The van der Waals surface area contributed by atoms with Gasteiger partial charge < -0.3 is 19.9 Å². The van der Waals surface area contributed by atoms with Crippen molar-refractivity contribution in [3.8, 4) is 11.5 Å². The molecule has 2 N–H and O–H groups in total. The summed E-state index contributed by atoms with van der Waals surface area (Å²) in [7, 11) is 0. The van der Waals surface area contributed by atoms with Crippen LogP contribution in [0.25, 0.3) is 0 Å². The Morgan fingerprint density at radius 2 is 1.71 bits per heavy atom. The van der Waals surface area contributed by atoms with Crippen LogP contribution in [0.4, 0.5) is 0 Å². The van der Waals surface area contributed by atoms with Crippen LogP contribution in [0.2, 0.25) is 0 Å². The van der Waals surface area contributed by atoms with Crippen molar-refractivity contribution >= 4 is 11.8 Å². The van der Waals surface area contributed by atoms with Gasteiger partial charge in [-0.15, -0.1) is 11.8 Å². The average molecular weight is 311 g/mol. The van der Waals surface area contributed by atoms with Gasteiger partial charge in [-0.05, 0) is 51.6 Å². The van der Waals surface area contributed by atoms with Crippen molar-refractivity contribution in [1.29, 1.82) is 0 Å². The molecule has 0 radical (unpaired) electrons. The van der Waals surface area contributed by atoms with E-state index in [1.807, 2.05) is 39.8 Å². The van der Waals surface area contributed by atoms with Crippen LogP contribution in [0.1, 0.15) is 33.3 Å². The fraction of sp³-hybridized carbons (Fsp3) is 0.625. The molecule has 1 aromatic carbocycles. The van der Waals surface area contributed by atoms with E-state index in [9.17, 15) is 5.11 Å². The molecule has 1 aromatic rings. The van der Waals surface area contributed by atoms with Gasteiger partial charge in [-0.25, -0.2) is 0 Å². The van der Waals surface area contributed by atoms with Gasteiger partial charge in [-0.3, -0.25) is 0 Å². The van der Waals surface area contributed by atoms with Crippen LogP contribution in [0.5, 0.6) is 11.5 Å². The average Bonchev–Trinajstić information content (AvgIpc) is 2.42. The van der Waals surface area contributed by atoms with Crippen LogP contribution in [-0.2, 0) is 6.54 Å². The first-order chi connectivity index (χ1) is 9.74. The zero-order valence-electron chi connectivity index (χ0n) is 13.4. The first-order valence-electron chi connectivity index (χ1n) is 7.18. The van der Waals surface area contributed by atoms with Gasteiger partial charge in [0.05, 0.1) is 5.60 Å². The van der Waals surface area contributed by atoms with Crippen molar-refractivity contribution in [2.75, 3.05) is 19.5 Å². The summed E-state index contributed by atoms with van der Waals surface area (Å²) in [5, 5.41) is 13.7. The molecule has 0 fully saturated rings. The molecule has 0 spiro atoms. The van der Waals surface area contributed by atoms with Gasteiger partial charge in [0.25, 0.3) is 0 Å². The van der Waals surface area contributed by atoms with E-state index in [2.05, 4.69) is 11.6 Å². The minimum absolute atomic E-state index is 0.393. The smallest absolute Gasteiger partial charge is 0.162 e. The fourth-order valence-electron chi connectivity index (χ4n) is 1.97. The molecule has 0 saturated carbocycles. The Balaban J connectivity index is 2.20. The SMILES string of the molecule is CSc1cc2c(cc1CNC(C)(C)C(C)(C)O)OCCO2. The number of fused-ring (bicyclic) bond motifs is 1. The predicted molar refractivity (Wildman–Crippen MR) is 86.4 cm³/mol. The number of nitrogens with one attached hydrogen (secondary N) is 1. The molecular weight excluding hydrogens is 286 g/mol. The molecule has 2 rings (SSSR count). The number of aliphatic hydroxyl groups is 1. The number of benzene rings is 1. The van der Waals surface area contributed by atoms with Crippen molar-refractivity contribution in [2.24, 2.45) is 0 Å². The van der Waals surface area contributed by atoms with Gasteiger partial charge in [-0.2, -0.15) is 0 Å². The molecule has 0 aromatic heterocycles. The van der Waals surface area contributed by atoms with Gasteiger partial charge >= 0.3 is 0 Å². The molecule has 0 atom stereocenters. The van der Waals surface area contributed by atoms with E-state index in [0.29, 0.717) is 19.8 Å². The van der Waals surface area contributed by atoms with Crippen LogP contribution in [0.15, 0.2) is 17.0 Å². The third kappa shape index (κ3) is 3.65. The summed E-state index contributed by atoms with van der Waals surface area (Å²) in [4.78, 5) is 1.17. The van der Waals surface area contributed by atoms with Gasteiger partial charge in [-0.1, -0.05) is 0 Å². The third-order valence-electron chi connectivity index (χ3n) is 4.20. The molecule has 4 nitrogen and oxygen atoms in total. The van der Waals surface area contributed by atoms with E-state index in [1.165, 1.54) is 4.90 Å². The fourth-order valence-corrected chi connectivity index (χ4v) is 2.59. The highest BCUT2D eigenvalue weighted by Gasteiger charge is 2.34. The van der Waals surface area contributed by atoms with Crippen LogP contribution in [0.3, 0.4) is 0 Å². The molecule has 5 heteroatoms. The molecular formula is C16H25NO3S. The van der Waals surface area contributed by atoms with Crippen molar-refractivity contribution in [3.63, 3.8) is 0 Å². The molecule has 118 valence electrons. The van der Waals surface area contributed by atoms with Crippen molar-refractivity contribution in [2.45, 2.75) is 50.3 Å². The highest BCUT2D eigenvalue weighted by atomic mass is 32.2. The van der Waals surface area contributed by atoms with E-state index in [0.717, 1.165) is 17.1 Å². The molecule has 0 unspecified atom stereocenters. The summed E-state index contributed by atoms with van der Waals surface area (Å²) in [6.45, 7) is 9.51. The maximum absolute atomic E-state index is 10.2. The van der Waals surface area contributed by atoms with Crippen LogP contribution >= 0.6 is 11.8 Å². The lowest BCUT2D eigenvalue weighted by atomic mass is 9.86. The topological polar surface area (TPSA) is 50.7 Å². The summed E-state index contributed by atoms with van der Waals surface area (Å²) in [6, 6.07) is 4.07. The minimum Gasteiger partial charge on any atom is -0.486 e. The second kappa shape index (κ2) is 6.07. The van der Waals surface area contributed by atoms with E-state index >= 15 is 0 Å². The van der Waals surface area contributed by atoms with Crippen molar-refractivity contribution in [3.05, 3.63) is 17.7 Å². The highest BCUT2D eigenvalue weighted by molar-refractivity contribution is 7.98. The molecule has 1 aliphatic heterocycles. The van der Waals surface area contributed by atoms with Crippen LogP contribution < -0.4 is 14.8 Å². The first kappa shape index (κ1) is 16.5. The summed E-state index contributed by atoms with van der Waals surface area (Å²) in [6.07, 6.45) is 2.05. The molecule has 21 heavy (non-hydrogen) atoms. The Morgan fingerprint density at radius 1 is 1.14 bits per heavy atom. The van der Waals surface area contributed by atoms with E-state index in [1.54, 1.807) is 11.8 Å². The lowest BCUT2D eigenvalue weighted by molar-refractivity contribution is -0.00541. The largest absolute Gasteiger partial charge is 0.486 e. The molecule has 1 aliphatic rings. The minimum atomic E-state index is -0.805. The zero-order valence-corrected chi connectivity index (χ0v) is 14.3. The van der Waals surface area contributed by atoms with E-state index in [-0.39, 0.29) is 0 Å². The van der Waals surface area contributed by atoms with E-state index < -0.39 is 11.1 Å². The normalized spacial score (nSPS) is 15.1. The Bertz CT molecular complexity index is 509. The van der Waals surface area contributed by atoms with Crippen LogP contribution in [0, 0.1) is 0 Å². The van der Waals surface area contributed by atoms with Crippen LogP contribution in [-0.4, -0.2) is 35.7 Å². The van der Waals surface area contributed by atoms with Crippen molar-refractivity contribution in [1.82, 2.24) is 5.32 Å². The second-order valence-electron chi connectivity index (χ2n) is 6.35. The maximum atomic E-state index is 10.2. The number of hydrogen-bond acceptors (Lipinski definition) is 5. The van der Waals surface area contributed by atoms with Gasteiger partial charge in [0.1, 0.15) is 13.2 Å². The second-order valence-corrected chi connectivity index (χ2v) is 7.19. The zero-order chi connectivity index (χ0) is 15.7. The molecule has 0 aliphatic carbocycles. The Labute approximate surface area is 131 Å². The number of rotatable bonds is 5. The Morgan fingerprint density at radius 3 is 2.24 bits per heavy atom. The molecule has 0 amide bonds. The quantitative estimate of drug-likeness (QED) is 0.819. The predicted octanol–water partition coefficient (Wildman–Crippen LogP) is 2.82. The third-order valence-corrected chi connectivity index (χ3v) is 5.02. The monoisotopic (exact) mass is 311 g/mol. The van der Waals surface area contributed by atoms with E-state index in [4.69, 9.17) is 9.47 Å². The Kier molecular flexibility index (Phi) is 4.76. The van der Waals surface area contributed by atoms with Gasteiger partial charge in [0.15, 0.2) is 11.5 Å². The molecule has 0 saturated heterocycles. The first-order valence-corrected chi connectivity index (χ1v) is 8.41. The summed E-state index contributed by atoms with van der Waals surface area (Å²) < 4.78 is 11.3. The van der Waals surface area contributed by atoms with Crippen molar-refractivity contribution < 1.29 is 14.6 Å². The van der Waals surface area contributed by atoms with Gasteiger partial charge in [0, 0.05) is 17.0 Å².